The van der Waals surface area contributed by atoms with Crippen molar-refractivity contribution >= 4 is 11.6 Å². The molecule has 0 bridgehead atoms. The lowest BCUT2D eigenvalue weighted by Gasteiger charge is -2.18. The molecule has 0 amide bonds. The summed E-state index contributed by atoms with van der Waals surface area (Å²) in [7, 11) is 1.74. The van der Waals surface area contributed by atoms with Crippen LogP contribution in [0.4, 0.5) is 11.6 Å². The minimum atomic E-state index is -0.473. The summed E-state index contributed by atoms with van der Waals surface area (Å²) in [5.74, 6) is 0.352. The van der Waals surface area contributed by atoms with E-state index in [0.29, 0.717) is 12.4 Å². The number of nitro groups is 1. The number of nitrogens with one attached hydrogen (secondary N) is 1. The molecule has 0 aliphatic heterocycles. The Balaban J connectivity index is 2.66. The Labute approximate surface area is 94.8 Å². The molecule has 16 heavy (non-hydrogen) atoms. The van der Waals surface area contributed by atoms with Crippen LogP contribution in [0.25, 0.3) is 0 Å². The molecule has 6 heteroatoms. The molecule has 0 aliphatic rings. The fourth-order valence-corrected chi connectivity index (χ4v) is 1.31. The Morgan fingerprint density at radius 1 is 1.56 bits per heavy atom. The van der Waals surface area contributed by atoms with Gasteiger partial charge in [0.25, 0.3) is 0 Å². The van der Waals surface area contributed by atoms with Crippen LogP contribution in [0.3, 0.4) is 0 Å². The third kappa shape index (κ3) is 3.22. The van der Waals surface area contributed by atoms with E-state index < -0.39 is 4.92 Å². The predicted molar refractivity (Wildman–Crippen MR) is 62.4 cm³/mol. The summed E-state index contributed by atoms with van der Waals surface area (Å²) in [5, 5.41) is 13.7. The van der Waals surface area contributed by atoms with Gasteiger partial charge in [-0.3, -0.25) is 4.57 Å². The molecular weight excluding hydrogens is 208 g/mol. The van der Waals surface area contributed by atoms with E-state index in [-0.39, 0.29) is 11.2 Å². The van der Waals surface area contributed by atoms with Crippen molar-refractivity contribution in [1.82, 2.24) is 9.55 Å². The first-order valence-electron chi connectivity index (χ1n) is 5.21. The Kier molecular flexibility index (Phi) is 3.51. The average Bonchev–Trinajstić information content (AvgIpc) is 2.46. The predicted octanol–water partition coefficient (Wildman–Crippen LogP) is 2.18. The number of aryl methyl sites for hydroxylation is 1. The third-order valence-electron chi connectivity index (χ3n) is 2.26. The summed E-state index contributed by atoms with van der Waals surface area (Å²) in [6, 6.07) is 0. The molecule has 1 aromatic rings. The van der Waals surface area contributed by atoms with Crippen LogP contribution in [0.5, 0.6) is 0 Å². The second-order valence-corrected chi connectivity index (χ2v) is 5.02. The van der Waals surface area contributed by atoms with Crippen LogP contribution in [0, 0.1) is 15.5 Å². The van der Waals surface area contributed by atoms with Gasteiger partial charge in [-0.05, 0) is 21.7 Å². The van der Waals surface area contributed by atoms with Crippen LogP contribution in [0.15, 0.2) is 6.33 Å². The number of aromatic nitrogens is 2. The lowest BCUT2D eigenvalue weighted by molar-refractivity contribution is -0.388. The quantitative estimate of drug-likeness (QED) is 0.630. The van der Waals surface area contributed by atoms with E-state index >= 15 is 0 Å². The zero-order valence-electron chi connectivity index (χ0n) is 10.1. The zero-order chi connectivity index (χ0) is 12.3. The van der Waals surface area contributed by atoms with Crippen molar-refractivity contribution in [2.45, 2.75) is 27.2 Å². The van der Waals surface area contributed by atoms with Crippen LogP contribution in [-0.4, -0.2) is 21.0 Å². The summed E-state index contributed by atoms with van der Waals surface area (Å²) in [6.45, 7) is 7.09. The van der Waals surface area contributed by atoms with Crippen molar-refractivity contribution in [3.8, 4) is 0 Å². The number of hydrogen-bond donors (Lipinski definition) is 1. The highest BCUT2D eigenvalue weighted by atomic mass is 16.6. The topological polar surface area (TPSA) is 73.0 Å². The summed E-state index contributed by atoms with van der Waals surface area (Å²) in [5.41, 5.74) is 0.209. The molecule has 1 heterocycles. The van der Waals surface area contributed by atoms with Gasteiger partial charge in [-0.15, -0.1) is 0 Å². The number of hydrogen-bond acceptors (Lipinski definition) is 4. The van der Waals surface area contributed by atoms with Crippen molar-refractivity contribution in [1.29, 1.82) is 0 Å². The average molecular weight is 226 g/mol. The van der Waals surface area contributed by atoms with Crippen LogP contribution >= 0.6 is 0 Å². The summed E-state index contributed by atoms with van der Waals surface area (Å²) >= 11 is 0. The van der Waals surface area contributed by atoms with E-state index in [1.165, 1.54) is 6.33 Å². The molecule has 0 spiro atoms. The molecule has 0 radical (unpaired) electrons. The molecule has 0 aliphatic carbocycles. The fourth-order valence-electron chi connectivity index (χ4n) is 1.31. The highest BCUT2D eigenvalue weighted by molar-refractivity contribution is 5.51. The Bertz CT molecular complexity index is 379. The van der Waals surface area contributed by atoms with Crippen molar-refractivity contribution in [3.63, 3.8) is 0 Å². The highest BCUT2D eigenvalue weighted by Crippen LogP contribution is 2.23. The first-order chi connectivity index (χ1) is 7.31. The molecule has 1 rings (SSSR count). The number of anilines is 1. The van der Waals surface area contributed by atoms with E-state index in [4.69, 9.17) is 0 Å². The van der Waals surface area contributed by atoms with Gasteiger partial charge >= 0.3 is 5.82 Å². The third-order valence-corrected chi connectivity index (χ3v) is 2.26. The van der Waals surface area contributed by atoms with Crippen LogP contribution in [0.2, 0.25) is 0 Å². The van der Waals surface area contributed by atoms with Gasteiger partial charge in [-0.25, -0.2) is 0 Å². The molecule has 0 aromatic carbocycles. The molecule has 0 fully saturated rings. The minimum absolute atomic E-state index is 0.114. The molecule has 1 aromatic heterocycles. The largest absolute Gasteiger partial charge is 0.406 e. The second kappa shape index (κ2) is 4.51. The first kappa shape index (κ1) is 12.5. The molecule has 1 N–H and O–H groups in total. The SMILES string of the molecule is Cn1cnc([N+](=O)[O-])c1NCCC(C)(C)C. The fraction of sp³-hybridized carbons (Fsp3) is 0.700. The van der Waals surface area contributed by atoms with Crippen LogP contribution in [0.1, 0.15) is 27.2 Å². The van der Waals surface area contributed by atoms with Gasteiger partial charge in [0, 0.05) is 13.6 Å². The Morgan fingerprint density at radius 3 is 2.69 bits per heavy atom. The normalized spacial score (nSPS) is 11.5. The van der Waals surface area contributed by atoms with Gasteiger partial charge in [-0.2, -0.15) is 0 Å². The molecular formula is C10H18N4O2. The standard InChI is InChI=1S/C10H18N4O2/c1-10(2,3)5-6-11-8-9(14(15)16)12-7-13(8)4/h7,11H,5-6H2,1-4H3. The van der Waals surface area contributed by atoms with Crippen molar-refractivity contribution < 1.29 is 4.92 Å². The van der Waals surface area contributed by atoms with Crippen molar-refractivity contribution in [2.75, 3.05) is 11.9 Å². The minimum Gasteiger partial charge on any atom is -0.364 e. The molecule has 0 unspecified atom stereocenters. The maximum absolute atomic E-state index is 10.7. The van der Waals surface area contributed by atoms with E-state index in [9.17, 15) is 10.1 Å². The van der Waals surface area contributed by atoms with Gasteiger partial charge in [0.05, 0.1) is 0 Å². The highest BCUT2D eigenvalue weighted by Gasteiger charge is 2.20. The maximum atomic E-state index is 10.7. The summed E-state index contributed by atoms with van der Waals surface area (Å²) < 4.78 is 1.63. The number of imidazole rings is 1. The second-order valence-electron chi connectivity index (χ2n) is 5.02. The molecule has 0 saturated heterocycles. The molecule has 90 valence electrons. The van der Waals surface area contributed by atoms with Gasteiger partial charge in [-0.1, -0.05) is 20.8 Å². The van der Waals surface area contributed by atoms with E-state index in [2.05, 4.69) is 31.1 Å². The summed E-state index contributed by atoms with van der Waals surface area (Å²) in [4.78, 5) is 13.9. The molecule has 6 nitrogen and oxygen atoms in total. The monoisotopic (exact) mass is 226 g/mol. The Hall–Kier alpha value is -1.59. The zero-order valence-corrected chi connectivity index (χ0v) is 10.1. The van der Waals surface area contributed by atoms with E-state index in [1.54, 1.807) is 11.6 Å². The Morgan fingerprint density at radius 2 is 2.19 bits per heavy atom. The maximum Gasteiger partial charge on any atom is 0.406 e. The van der Waals surface area contributed by atoms with Gasteiger partial charge < -0.3 is 15.4 Å². The lowest BCUT2D eigenvalue weighted by atomic mass is 9.92. The van der Waals surface area contributed by atoms with Crippen molar-refractivity contribution in [3.05, 3.63) is 16.4 Å². The van der Waals surface area contributed by atoms with E-state index in [1.807, 2.05) is 0 Å². The molecule has 0 saturated carbocycles. The van der Waals surface area contributed by atoms with E-state index in [0.717, 1.165) is 6.42 Å². The number of rotatable bonds is 4. The van der Waals surface area contributed by atoms with Gasteiger partial charge in [0.15, 0.2) is 0 Å². The van der Waals surface area contributed by atoms with Gasteiger partial charge in [0.2, 0.25) is 12.1 Å². The smallest absolute Gasteiger partial charge is 0.364 e. The first-order valence-corrected chi connectivity index (χ1v) is 5.21. The van der Waals surface area contributed by atoms with Gasteiger partial charge in [0.1, 0.15) is 0 Å². The molecule has 0 atom stereocenters. The van der Waals surface area contributed by atoms with Crippen LogP contribution < -0.4 is 5.32 Å². The van der Waals surface area contributed by atoms with Crippen molar-refractivity contribution in [2.24, 2.45) is 12.5 Å². The summed E-state index contributed by atoms with van der Waals surface area (Å²) in [6.07, 6.45) is 2.38. The lowest BCUT2D eigenvalue weighted by Crippen LogP contribution is -2.14. The number of nitrogens with zero attached hydrogens (tertiary/aromatic N) is 3. The van der Waals surface area contributed by atoms with Crippen LogP contribution in [-0.2, 0) is 7.05 Å².